The zero-order chi connectivity index (χ0) is 0. The van der Waals surface area contributed by atoms with E-state index in [9.17, 15) is 0 Å². The van der Waals surface area contributed by atoms with Gasteiger partial charge in [-0.25, -0.2) is 0 Å². The van der Waals surface area contributed by atoms with E-state index in [1.54, 1.807) is 0 Å². The van der Waals surface area contributed by atoms with Crippen LogP contribution in [0.4, 0.5) is 0 Å². The molecule has 0 aliphatic rings. The minimum absolute atomic E-state index is 0. The minimum Gasteiger partial charge on any atom is -1.00 e. The molecule has 0 amide bonds. The molecular formula is CaCl2FKNa+. The van der Waals surface area contributed by atoms with E-state index in [0.717, 1.165) is 0 Å². The molecule has 0 radical (unpaired) electrons. The Kier molecular flexibility index (Phi) is 271. The molecule has 0 aromatic carbocycles. The summed E-state index contributed by atoms with van der Waals surface area (Å²) in [5.41, 5.74) is 0. The molecule has 0 aromatic rings. The Morgan fingerprint density at radius 3 is 0.833 bits per heavy atom. The largest absolute Gasteiger partial charge is 2.00 e. The monoisotopic (exact) mass is 191 g/mol. The molecule has 0 rings (SSSR count). The van der Waals surface area contributed by atoms with Crippen LogP contribution in [0.1, 0.15) is 0 Å². The first-order chi connectivity index (χ1) is 0. The van der Waals surface area contributed by atoms with Gasteiger partial charge < -0.3 is 29.5 Å². The Morgan fingerprint density at radius 1 is 0.833 bits per heavy atom. The Bertz CT molecular complexity index is 13.5. The van der Waals surface area contributed by atoms with E-state index in [0.29, 0.717) is 0 Å². The van der Waals surface area contributed by atoms with Crippen molar-refractivity contribution in [1.29, 1.82) is 0 Å². The van der Waals surface area contributed by atoms with Gasteiger partial charge >= 0.3 is 119 Å². The molecular weight excluding hydrogens is 192 g/mol. The van der Waals surface area contributed by atoms with Crippen LogP contribution in [0.25, 0.3) is 0 Å². The number of rotatable bonds is 0. The molecule has 6 heteroatoms. The third-order valence-electron chi connectivity index (χ3n) is 0. The molecule has 24 valence electrons. The molecule has 0 bridgehead atoms. The Hall–Kier alpha value is 4.41. The maximum Gasteiger partial charge on any atom is 2.00 e. The van der Waals surface area contributed by atoms with E-state index in [1.807, 2.05) is 0 Å². The topological polar surface area (TPSA) is 0 Å². The van der Waals surface area contributed by atoms with Gasteiger partial charge in [0.05, 0.1) is 0 Å². The van der Waals surface area contributed by atoms with Crippen LogP contribution in [-0.4, -0.2) is 37.7 Å². The van der Waals surface area contributed by atoms with E-state index in [1.165, 1.54) is 0 Å². The van der Waals surface area contributed by atoms with E-state index in [2.05, 4.69) is 0 Å². The van der Waals surface area contributed by atoms with Crippen molar-refractivity contribution in [2.45, 2.75) is 0 Å². The molecule has 0 heterocycles. The van der Waals surface area contributed by atoms with Crippen molar-refractivity contribution < 1.29 is 110 Å². The van der Waals surface area contributed by atoms with E-state index >= 15 is 0 Å². The van der Waals surface area contributed by atoms with Crippen molar-refractivity contribution in [3.05, 3.63) is 0 Å². The molecule has 6 heavy (non-hydrogen) atoms. The first-order valence-electron chi connectivity index (χ1n) is 0. The predicted octanol–water partition coefficient (Wildman–Crippen LogP) is -15.4. The molecule has 0 atom stereocenters. The summed E-state index contributed by atoms with van der Waals surface area (Å²) in [4.78, 5) is 0. The van der Waals surface area contributed by atoms with Crippen LogP contribution in [-0.2, 0) is 0 Å². The number of hydrogen-bond acceptors (Lipinski definition) is 0. The van der Waals surface area contributed by atoms with Gasteiger partial charge in [0, 0.05) is 0 Å². The number of hydrogen-bond donors (Lipinski definition) is 0. The molecule has 0 unspecified atom stereocenters. The maximum absolute atomic E-state index is 0. The van der Waals surface area contributed by atoms with Gasteiger partial charge in [0.15, 0.2) is 0 Å². The van der Waals surface area contributed by atoms with Crippen LogP contribution >= 0.6 is 0 Å². The van der Waals surface area contributed by atoms with Crippen molar-refractivity contribution in [2.75, 3.05) is 0 Å². The molecule has 0 fully saturated rings. The fourth-order valence-electron chi connectivity index (χ4n) is 0. The molecule has 0 aromatic heterocycles. The maximum atomic E-state index is 0. The molecule has 0 nitrogen and oxygen atoms in total. The van der Waals surface area contributed by atoms with Gasteiger partial charge in [-0.05, 0) is 0 Å². The summed E-state index contributed by atoms with van der Waals surface area (Å²) in [6.45, 7) is 0. The van der Waals surface area contributed by atoms with Gasteiger partial charge in [-0.1, -0.05) is 0 Å². The van der Waals surface area contributed by atoms with Crippen LogP contribution in [0.5, 0.6) is 0 Å². The quantitative estimate of drug-likeness (QED) is 0.334. The standard InChI is InChI=1S/Ca.2ClH.FH.K.Na/h;3*1H;;/q+2;;;;2*+1/p-3. The normalized spacial score (nSPS) is 0. The zero-order valence-electron chi connectivity index (χ0n) is 3.84. The van der Waals surface area contributed by atoms with Crippen LogP contribution in [0, 0.1) is 0 Å². The smallest absolute Gasteiger partial charge is 1.00 e. The molecule has 0 aliphatic heterocycles. The van der Waals surface area contributed by atoms with Gasteiger partial charge in [0.1, 0.15) is 0 Å². The minimum atomic E-state index is 0. The number of halogens is 3. The van der Waals surface area contributed by atoms with Crippen molar-refractivity contribution in [3.8, 4) is 0 Å². The predicted molar refractivity (Wildman–Crippen MR) is 5.75 cm³/mol. The molecule has 0 saturated carbocycles. The zero-order valence-corrected chi connectivity index (χ0v) is 12.7. The third-order valence-corrected chi connectivity index (χ3v) is 0. The van der Waals surface area contributed by atoms with E-state index < -0.39 is 0 Å². The van der Waals surface area contributed by atoms with Crippen LogP contribution < -0.4 is 110 Å². The fourth-order valence-corrected chi connectivity index (χ4v) is 0. The summed E-state index contributed by atoms with van der Waals surface area (Å²) in [5.74, 6) is 0. The first kappa shape index (κ1) is 47.4. The Balaban J connectivity index is 0. The van der Waals surface area contributed by atoms with Gasteiger partial charge in [0.2, 0.25) is 0 Å². The summed E-state index contributed by atoms with van der Waals surface area (Å²) >= 11 is 0. The average molecular weight is 192 g/mol. The Morgan fingerprint density at radius 2 is 0.833 bits per heavy atom. The van der Waals surface area contributed by atoms with Gasteiger partial charge in [0.25, 0.3) is 0 Å². The summed E-state index contributed by atoms with van der Waals surface area (Å²) in [6, 6.07) is 0. The van der Waals surface area contributed by atoms with Crippen molar-refractivity contribution >= 4 is 37.7 Å². The summed E-state index contributed by atoms with van der Waals surface area (Å²) < 4.78 is 0. The van der Waals surface area contributed by atoms with Crippen molar-refractivity contribution in [1.82, 2.24) is 0 Å². The van der Waals surface area contributed by atoms with Gasteiger partial charge in [-0.2, -0.15) is 0 Å². The molecule has 0 saturated heterocycles. The summed E-state index contributed by atoms with van der Waals surface area (Å²) in [7, 11) is 0. The summed E-state index contributed by atoms with van der Waals surface area (Å²) in [6.07, 6.45) is 0. The van der Waals surface area contributed by atoms with Crippen LogP contribution in [0.2, 0.25) is 0 Å². The molecule has 0 N–H and O–H groups in total. The van der Waals surface area contributed by atoms with Crippen LogP contribution in [0.3, 0.4) is 0 Å². The van der Waals surface area contributed by atoms with Crippen molar-refractivity contribution in [3.63, 3.8) is 0 Å². The van der Waals surface area contributed by atoms with E-state index in [-0.39, 0.29) is 148 Å². The second kappa shape index (κ2) is 34.2. The second-order valence-corrected chi connectivity index (χ2v) is 0. The van der Waals surface area contributed by atoms with E-state index in [4.69, 9.17) is 0 Å². The average Bonchev–Trinajstić information content (AvgIpc) is 0. The third kappa shape index (κ3) is 23.8. The van der Waals surface area contributed by atoms with Crippen LogP contribution in [0.15, 0.2) is 0 Å². The summed E-state index contributed by atoms with van der Waals surface area (Å²) in [5, 5.41) is 0. The first-order valence-corrected chi connectivity index (χ1v) is 0. The molecule has 0 spiro atoms. The fraction of sp³-hybridized carbons (Fsp3) is 0. The molecule has 0 aliphatic carbocycles. The second-order valence-electron chi connectivity index (χ2n) is 0. The SMILES string of the molecule is [Ca+2].[Cl-].[Cl-].[F-].[K+].[Na+]. The van der Waals surface area contributed by atoms with Crippen molar-refractivity contribution in [2.24, 2.45) is 0 Å². The van der Waals surface area contributed by atoms with Gasteiger partial charge in [-0.3, -0.25) is 0 Å². The van der Waals surface area contributed by atoms with Gasteiger partial charge in [-0.15, -0.1) is 0 Å². The Labute approximate surface area is 144 Å².